The van der Waals surface area contributed by atoms with Crippen LogP contribution in [0.25, 0.3) is 0 Å². The highest BCUT2D eigenvalue weighted by Crippen LogP contribution is 2.26. The fourth-order valence-electron chi connectivity index (χ4n) is 2.19. The van der Waals surface area contributed by atoms with Crippen LogP contribution in [0, 0.1) is 0 Å². The van der Waals surface area contributed by atoms with Gasteiger partial charge in [0.2, 0.25) is 0 Å². The Balaban J connectivity index is 2.17. The van der Waals surface area contributed by atoms with Crippen LogP contribution < -0.4 is 5.48 Å². The van der Waals surface area contributed by atoms with Crippen LogP contribution in [0.15, 0.2) is 60.7 Å². The van der Waals surface area contributed by atoms with Gasteiger partial charge in [-0.2, -0.15) is 5.48 Å². The van der Waals surface area contributed by atoms with E-state index in [1.165, 1.54) is 0 Å². The monoisotopic (exact) mass is 343 g/mol. The summed E-state index contributed by atoms with van der Waals surface area (Å²) in [4.78, 5) is 17.9. The Kier molecular flexibility index (Phi) is 6.70. The van der Waals surface area contributed by atoms with E-state index in [4.69, 9.17) is 9.57 Å². The van der Waals surface area contributed by atoms with Gasteiger partial charge in [0.05, 0.1) is 12.2 Å². The van der Waals surface area contributed by atoms with Crippen molar-refractivity contribution in [2.75, 3.05) is 6.61 Å². The summed E-state index contributed by atoms with van der Waals surface area (Å²) < 4.78 is 5.70. The molecule has 1 atom stereocenters. The Morgan fingerprint density at radius 2 is 1.48 bits per heavy atom. The number of benzene rings is 2. The number of carbonyl (C=O) groups excluding carboxylic acids is 1. The lowest BCUT2D eigenvalue weighted by Crippen LogP contribution is -2.45. The van der Waals surface area contributed by atoms with Gasteiger partial charge in [-0.1, -0.05) is 60.7 Å². The quantitative estimate of drug-likeness (QED) is 0.597. The molecule has 0 aliphatic heterocycles. The van der Waals surface area contributed by atoms with Crippen molar-refractivity contribution < 1.29 is 19.5 Å². The lowest BCUT2D eigenvalue weighted by atomic mass is 10.0. The zero-order chi connectivity index (χ0) is 18.3. The van der Waals surface area contributed by atoms with Gasteiger partial charge in [-0.15, -0.1) is 0 Å². The van der Waals surface area contributed by atoms with E-state index in [1.54, 1.807) is 0 Å². The van der Waals surface area contributed by atoms with Crippen molar-refractivity contribution in [1.29, 1.82) is 0 Å². The molecule has 0 amide bonds. The topological polar surface area (TPSA) is 67.8 Å². The van der Waals surface area contributed by atoms with Gasteiger partial charge in [0, 0.05) is 0 Å². The van der Waals surface area contributed by atoms with Crippen molar-refractivity contribution in [2.24, 2.45) is 0 Å². The summed E-state index contributed by atoms with van der Waals surface area (Å²) in [6.07, 6.45) is -0.555. The number of aliphatic hydroxyl groups excluding tert-OH is 1. The lowest BCUT2D eigenvalue weighted by Gasteiger charge is -2.25. The average molecular weight is 343 g/mol. The summed E-state index contributed by atoms with van der Waals surface area (Å²) in [6, 6.07) is 18.0. The molecule has 134 valence electrons. The molecule has 0 fully saturated rings. The number of ether oxygens (including phenoxy) is 1. The molecule has 2 aromatic carbocycles. The van der Waals surface area contributed by atoms with Crippen LogP contribution in [0.3, 0.4) is 0 Å². The third-order valence-corrected chi connectivity index (χ3v) is 3.41. The van der Waals surface area contributed by atoms with E-state index in [9.17, 15) is 9.90 Å². The SMILES string of the molecule is CC(C)(C)ON[C@@H](CO)C(=O)OC(c1ccccc1)c1ccccc1. The lowest BCUT2D eigenvalue weighted by molar-refractivity contribution is -0.162. The summed E-state index contributed by atoms with van der Waals surface area (Å²) >= 11 is 0. The third kappa shape index (κ3) is 5.98. The van der Waals surface area contributed by atoms with Crippen LogP contribution in [0.5, 0.6) is 0 Å². The highest BCUT2D eigenvalue weighted by Gasteiger charge is 2.26. The predicted octanol–water partition coefficient (Wildman–Crippen LogP) is 3.00. The van der Waals surface area contributed by atoms with Gasteiger partial charge in [0.25, 0.3) is 0 Å². The summed E-state index contributed by atoms with van der Waals surface area (Å²) in [7, 11) is 0. The second kappa shape index (κ2) is 8.76. The molecule has 5 heteroatoms. The van der Waals surface area contributed by atoms with Gasteiger partial charge in [-0.3, -0.25) is 9.63 Å². The molecule has 0 aromatic heterocycles. The molecule has 0 radical (unpaired) electrons. The van der Waals surface area contributed by atoms with Crippen molar-refractivity contribution in [3.05, 3.63) is 71.8 Å². The standard InChI is InChI=1S/C20H25NO4/c1-20(2,3)25-21-17(14-22)19(23)24-18(15-10-6-4-7-11-15)16-12-8-5-9-13-16/h4-13,17-18,21-22H,14H2,1-3H3/t17-/m0/s1. The highest BCUT2D eigenvalue weighted by molar-refractivity contribution is 5.76. The van der Waals surface area contributed by atoms with Crippen LogP contribution in [0.2, 0.25) is 0 Å². The molecular weight excluding hydrogens is 318 g/mol. The number of hydrogen-bond donors (Lipinski definition) is 2. The average Bonchev–Trinajstić information content (AvgIpc) is 2.60. The third-order valence-electron chi connectivity index (χ3n) is 3.41. The summed E-state index contributed by atoms with van der Waals surface area (Å²) in [5.74, 6) is -0.579. The first-order valence-electron chi connectivity index (χ1n) is 8.25. The Hall–Kier alpha value is -2.21. The minimum atomic E-state index is -0.964. The van der Waals surface area contributed by atoms with Crippen molar-refractivity contribution >= 4 is 5.97 Å². The Labute approximate surface area is 148 Å². The highest BCUT2D eigenvalue weighted by atomic mass is 16.7. The molecule has 0 aliphatic carbocycles. The van der Waals surface area contributed by atoms with E-state index in [0.29, 0.717) is 0 Å². The minimum Gasteiger partial charge on any atom is -0.451 e. The fourth-order valence-corrected chi connectivity index (χ4v) is 2.19. The van der Waals surface area contributed by atoms with E-state index in [2.05, 4.69) is 5.48 Å². The van der Waals surface area contributed by atoms with Crippen LogP contribution in [0.4, 0.5) is 0 Å². The van der Waals surface area contributed by atoms with Gasteiger partial charge >= 0.3 is 5.97 Å². The second-order valence-electron chi connectivity index (χ2n) is 6.71. The largest absolute Gasteiger partial charge is 0.451 e. The summed E-state index contributed by atoms with van der Waals surface area (Å²) in [5, 5.41) is 9.50. The van der Waals surface area contributed by atoms with E-state index in [0.717, 1.165) is 11.1 Å². The molecule has 0 heterocycles. The molecule has 0 saturated carbocycles. The zero-order valence-electron chi connectivity index (χ0n) is 14.8. The van der Waals surface area contributed by atoms with E-state index >= 15 is 0 Å². The van der Waals surface area contributed by atoms with Gasteiger partial charge in [-0.25, -0.2) is 0 Å². The fraction of sp³-hybridized carbons (Fsp3) is 0.350. The number of nitrogens with one attached hydrogen (secondary N) is 1. The molecule has 0 saturated heterocycles. The van der Waals surface area contributed by atoms with Crippen LogP contribution in [-0.4, -0.2) is 29.3 Å². The summed E-state index contributed by atoms with van der Waals surface area (Å²) in [5.41, 5.74) is 3.81. The molecule has 25 heavy (non-hydrogen) atoms. The van der Waals surface area contributed by atoms with Gasteiger partial charge in [0.15, 0.2) is 12.1 Å². The van der Waals surface area contributed by atoms with Crippen LogP contribution in [-0.2, 0) is 14.4 Å². The molecule has 2 aromatic rings. The van der Waals surface area contributed by atoms with Crippen molar-refractivity contribution in [3.8, 4) is 0 Å². The molecule has 2 rings (SSSR count). The Morgan fingerprint density at radius 3 is 1.88 bits per heavy atom. The van der Waals surface area contributed by atoms with Gasteiger partial charge < -0.3 is 9.84 Å². The van der Waals surface area contributed by atoms with E-state index in [1.807, 2.05) is 81.4 Å². The first kappa shape index (κ1) is 19.1. The maximum absolute atomic E-state index is 12.5. The number of aliphatic hydroxyl groups is 1. The Bertz CT molecular complexity index is 613. The number of hydrogen-bond acceptors (Lipinski definition) is 5. The summed E-state index contributed by atoms with van der Waals surface area (Å²) in [6.45, 7) is 5.11. The molecule has 0 unspecified atom stereocenters. The number of hydroxylamine groups is 1. The number of esters is 1. The molecular formula is C20H25NO4. The number of carbonyl (C=O) groups is 1. The molecule has 0 aliphatic rings. The zero-order valence-corrected chi connectivity index (χ0v) is 14.8. The minimum absolute atomic E-state index is 0.425. The number of rotatable bonds is 7. The van der Waals surface area contributed by atoms with Crippen LogP contribution >= 0.6 is 0 Å². The smallest absolute Gasteiger partial charge is 0.328 e. The van der Waals surface area contributed by atoms with E-state index < -0.39 is 30.3 Å². The predicted molar refractivity (Wildman–Crippen MR) is 95.7 cm³/mol. The van der Waals surface area contributed by atoms with Crippen molar-refractivity contribution in [2.45, 2.75) is 38.5 Å². The van der Waals surface area contributed by atoms with E-state index in [-0.39, 0.29) is 0 Å². The first-order valence-corrected chi connectivity index (χ1v) is 8.25. The molecule has 2 N–H and O–H groups in total. The maximum atomic E-state index is 12.5. The second-order valence-corrected chi connectivity index (χ2v) is 6.71. The maximum Gasteiger partial charge on any atom is 0.328 e. The molecule has 5 nitrogen and oxygen atoms in total. The van der Waals surface area contributed by atoms with Crippen molar-refractivity contribution in [1.82, 2.24) is 5.48 Å². The Morgan fingerprint density at radius 1 is 1.00 bits per heavy atom. The normalized spacial score (nSPS) is 12.8. The molecule has 0 spiro atoms. The first-order chi connectivity index (χ1) is 11.9. The van der Waals surface area contributed by atoms with Crippen LogP contribution in [0.1, 0.15) is 38.0 Å². The van der Waals surface area contributed by atoms with Gasteiger partial charge in [0.1, 0.15) is 0 Å². The van der Waals surface area contributed by atoms with Crippen molar-refractivity contribution in [3.63, 3.8) is 0 Å². The van der Waals surface area contributed by atoms with Gasteiger partial charge in [-0.05, 0) is 31.9 Å². The molecule has 0 bridgehead atoms.